The average Bonchev–Trinajstić information content (AvgIpc) is 2.94. The van der Waals surface area contributed by atoms with Crippen LogP contribution in [0.25, 0.3) is 0 Å². The molecular formula is C15H16F3NO3. The van der Waals surface area contributed by atoms with E-state index in [4.69, 9.17) is 5.11 Å². The van der Waals surface area contributed by atoms with Gasteiger partial charge in [0.25, 0.3) is 0 Å². The molecule has 1 aromatic rings. The molecule has 1 saturated carbocycles. The van der Waals surface area contributed by atoms with Crippen LogP contribution >= 0.6 is 0 Å². The Balaban J connectivity index is 1.98. The zero-order chi connectivity index (χ0) is 16.3. The second kappa shape index (κ2) is 6.37. The molecule has 2 rings (SSSR count). The van der Waals surface area contributed by atoms with Crippen molar-refractivity contribution in [2.75, 3.05) is 0 Å². The maximum Gasteiger partial charge on any atom is 0.416 e. The lowest BCUT2D eigenvalue weighted by Crippen LogP contribution is -2.34. The number of carboxylic acids is 1. The van der Waals surface area contributed by atoms with Crippen LogP contribution in [0.15, 0.2) is 24.3 Å². The van der Waals surface area contributed by atoms with E-state index in [1.165, 1.54) is 12.1 Å². The third kappa shape index (κ3) is 3.78. The zero-order valence-corrected chi connectivity index (χ0v) is 11.7. The Bertz CT molecular complexity index is 571. The summed E-state index contributed by atoms with van der Waals surface area (Å²) in [5.41, 5.74) is -0.448. The van der Waals surface area contributed by atoms with E-state index in [9.17, 15) is 22.8 Å². The molecule has 0 heterocycles. The lowest BCUT2D eigenvalue weighted by atomic mass is 9.95. The maximum absolute atomic E-state index is 12.6. The van der Waals surface area contributed by atoms with Crippen LogP contribution < -0.4 is 5.32 Å². The predicted octanol–water partition coefficient (Wildman–Crippen LogP) is 2.82. The minimum atomic E-state index is -4.43. The number of alkyl halides is 3. The maximum atomic E-state index is 12.6. The molecule has 0 aromatic heterocycles. The highest BCUT2D eigenvalue weighted by Gasteiger charge is 2.37. The van der Waals surface area contributed by atoms with Gasteiger partial charge in [0.05, 0.1) is 17.4 Å². The van der Waals surface area contributed by atoms with Crippen LogP contribution in [-0.2, 0) is 22.3 Å². The van der Waals surface area contributed by atoms with Gasteiger partial charge in [-0.15, -0.1) is 0 Å². The average molecular weight is 315 g/mol. The van der Waals surface area contributed by atoms with Crippen molar-refractivity contribution in [2.45, 2.75) is 32.0 Å². The van der Waals surface area contributed by atoms with Crippen LogP contribution in [0.3, 0.4) is 0 Å². The van der Waals surface area contributed by atoms with E-state index in [0.717, 1.165) is 12.1 Å². The molecule has 0 spiro atoms. The van der Waals surface area contributed by atoms with Crippen molar-refractivity contribution in [3.63, 3.8) is 0 Å². The van der Waals surface area contributed by atoms with Crippen molar-refractivity contribution >= 4 is 11.9 Å². The van der Waals surface area contributed by atoms with Crippen LogP contribution in [0.1, 0.15) is 30.4 Å². The number of amides is 1. The molecule has 120 valence electrons. The molecule has 1 fully saturated rings. The zero-order valence-electron chi connectivity index (χ0n) is 11.7. The number of hydrogen-bond donors (Lipinski definition) is 2. The summed E-state index contributed by atoms with van der Waals surface area (Å²) in [5.74, 6) is -2.73. The van der Waals surface area contributed by atoms with Crippen LogP contribution in [-0.4, -0.2) is 17.0 Å². The minimum Gasteiger partial charge on any atom is -0.481 e. The highest BCUT2D eigenvalue weighted by Crippen LogP contribution is 2.32. The van der Waals surface area contributed by atoms with Gasteiger partial charge in [-0.25, -0.2) is 0 Å². The molecule has 0 unspecified atom stereocenters. The molecule has 0 saturated heterocycles. The fourth-order valence-electron chi connectivity index (χ4n) is 2.75. The van der Waals surface area contributed by atoms with E-state index in [0.29, 0.717) is 24.8 Å². The first-order valence-electron chi connectivity index (χ1n) is 6.95. The molecule has 0 aliphatic heterocycles. The molecule has 2 N–H and O–H groups in total. The van der Waals surface area contributed by atoms with Crippen molar-refractivity contribution in [3.8, 4) is 0 Å². The normalized spacial score (nSPS) is 21.6. The highest BCUT2D eigenvalue weighted by atomic mass is 19.4. The molecule has 0 bridgehead atoms. The summed E-state index contributed by atoms with van der Waals surface area (Å²) in [7, 11) is 0. The molecule has 0 radical (unpaired) electrons. The van der Waals surface area contributed by atoms with E-state index in [1.807, 2.05) is 0 Å². The minimum absolute atomic E-state index is 0.0500. The number of halogens is 3. The molecule has 7 heteroatoms. The van der Waals surface area contributed by atoms with Crippen LogP contribution in [0.5, 0.6) is 0 Å². The first kappa shape index (κ1) is 16.3. The number of carbonyl (C=O) groups is 2. The summed E-state index contributed by atoms with van der Waals surface area (Å²) in [6.07, 6.45) is -2.82. The number of benzene rings is 1. The van der Waals surface area contributed by atoms with Gasteiger partial charge in [0.2, 0.25) is 5.91 Å². The molecule has 1 amide bonds. The van der Waals surface area contributed by atoms with Gasteiger partial charge in [0.15, 0.2) is 0 Å². The third-order valence-electron chi connectivity index (χ3n) is 3.89. The van der Waals surface area contributed by atoms with E-state index in [2.05, 4.69) is 5.32 Å². The molecule has 1 aliphatic carbocycles. The molecule has 2 atom stereocenters. The lowest BCUT2D eigenvalue weighted by Gasteiger charge is -2.16. The topological polar surface area (TPSA) is 66.4 Å². The second-order valence-corrected chi connectivity index (χ2v) is 5.40. The molecule has 22 heavy (non-hydrogen) atoms. The van der Waals surface area contributed by atoms with Crippen molar-refractivity contribution < 1.29 is 27.9 Å². The fraction of sp³-hybridized carbons (Fsp3) is 0.467. The van der Waals surface area contributed by atoms with E-state index in [-0.39, 0.29) is 6.54 Å². The van der Waals surface area contributed by atoms with Gasteiger partial charge < -0.3 is 10.4 Å². The Labute approximate surface area is 125 Å². The van der Waals surface area contributed by atoms with Gasteiger partial charge in [-0.3, -0.25) is 9.59 Å². The number of rotatable bonds is 4. The van der Waals surface area contributed by atoms with Crippen LogP contribution in [0.2, 0.25) is 0 Å². The summed E-state index contributed by atoms with van der Waals surface area (Å²) < 4.78 is 37.8. The summed E-state index contributed by atoms with van der Waals surface area (Å²) in [5, 5.41) is 11.6. The Hall–Kier alpha value is -2.05. The number of carboxylic acid groups (broad SMARTS) is 1. The number of nitrogens with one attached hydrogen (secondary N) is 1. The smallest absolute Gasteiger partial charge is 0.416 e. The van der Waals surface area contributed by atoms with Gasteiger partial charge in [-0.2, -0.15) is 13.2 Å². The Morgan fingerprint density at radius 1 is 1.23 bits per heavy atom. The second-order valence-electron chi connectivity index (χ2n) is 5.40. The van der Waals surface area contributed by atoms with Gasteiger partial charge in [-0.1, -0.05) is 18.6 Å². The van der Waals surface area contributed by atoms with E-state index < -0.39 is 35.5 Å². The molecule has 4 nitrogen and oxygen atoms in total. The summed E-state index contributed by atoms with van der Waals surface area (Å²) in [6.45, 7) is -0.0500. The summed E-state index contributed by atoms with van der Waals surface area (Å²) in [4.78, 5) is 23.1. The molecule has 1 aromatic carbocycles. The Kier molecular flexibility index (Phi) is 4.73. The largest absolute Gasteiger partial charge is 0.481 e. The van der Waals surface area contributed by atoms with E-state index >= 15 is 0 Å². The van der Waals surface area contributed by atoms with Gasteiger partial charge in [-0.05, 0) is 30.5 Å². The predicted molar refractivity (Wildman–Crippen MR) is 71.8 cm³/mol. The Morgan fingerprint density at radius 3 is 2.55 bits per heavy atom. The SMILES string of the molecule is O=C(NCc1cccc(C(F)(F)F)c1)[C@H]1CCC[C@H]1C(=O)O. The van der Waals surface area contributed by atoms with Crippen molar-refractivity contribution in [1.82, 2.24) is 5.32 Å². The first-order chi connectivity index (χ1) is 10.3. The van der Waals surface area contributed by atoms with Gasteiger partial charge in [0, 0.05) is 6.54 Å². The van der Waals surface area contributed by atoms with E-state index in [1.54, 1.807) is 0 Å². The van der Waals surface area contributed by atoms with Crippen molar-refractivity contribution in [2.24, 2.45) is 11.8 Å². The van der Waals surface area contributed by atoms with Crippen molar-refractivity contribution in [1.29, 1.82) is 0 Å². The Morgan fingerprint density at radius 2 is 1.91 bits per heavy atom. The first-order valence-corrected chi connectivity index (χ1v) is 6.95. The monoisotopic (exact) mass is 315 g/mol. The van der Waals surface area contributed by atoms with Crippen molar-refractivity contribution in [3.05, 3.63) is 35.4 Å². The van der Waals surface area contributed by atoms with Crippen LogP contribution in [0, 0.1) is 11.8 Å². The lowest BCUT2D eigenvalue weighted by molar-refractivity contribution is -0.146. The summed E-state index contributed by atoms with van der Waals surface area (Å²) >= 11 is 0. The fourth-order valence-corrected chi connectivity index (χ4v) is 2.75. The quantitative estimate of drug-likeness (QED) is 0.898. The highest BCUT2D eigenvalue weighted by molar-refractivity contribution is 5.85. The number of carbonyl (C=O) groups excluding carboxylic acids is 1. The summed E-state index contributed by atoms with van der Waals surface area (Å²) in [6, 6.07) is 4.70. The molecular weight excluding hydrogens is 299 g/mol. The molecule has 1 aliphatic rings. The van der Waals surface area contributed by atoms with Gasteiger partial charge in [0.1, 0.15) is 0 Å². The number of aliphatic carboxylic acids is 1. The van der Waals surface area contributed by atoms with Gasteiger partial charge >= 0.3 is 12.1 Å². The number of hydrogen-bond acceptors (Lipinski definition) is 2. The van der Waals surface area contributed by atoms with Crippen LogP contribution in [0.4, 0.5) is 13.2 Å². The standard InChI is InChI=1S/C15H16F3NO3/c16-15(17,18)10-4-1-3-9(7-10)8-19-13(20)11-5-2-6-12(11)14(21)22/h1,3-4,7,11-12H,2,5-6,8H2,(H,19,20)(H,21,22)/t11-,12+/m0/s1. The third-order valence-corrected chi connectivity index (χ3v) is 3.89.